The van der Waals surface area contributed by atoms with Gasteiger partial charge in [0.25, 0.3) is 5.91 Å². The molecule has 0 aliphatic heterocycles. The third-order valence-corrected chi connectivity index (χ3v) is 3.51. The fourth-order valence-corrected chi connectivity index (χ4v) is 2.12. The molecule has 1 aliphatic rings. The molecule has 0 unspecified atom stereocenters. The first-order chi connectivity index (χ1) is 8.81. The van der Waals surface area contributed by atoms with Crippen molar-refractivity contribution < 1.29 is 4.79 Å². The summed E-state index contributed by atoms with van der Waals surface area (Å²) in [6, 6.07) is 7.72. The summed E-state index contributed by atoms with van der Waals surface area (Å²) < 4.78 is 0. The number of amides is 1. The largest absolute Gasteiger partial charge is 0.384 e. The lowest BCUT2D eigenvalue weighted by Gasteiger charge is -2.25. The van der Waals surface area contributed by atoms with E-state index < -0.39 is 0 Å². The van der Waals surface area contributed by atoms with Gasteiger partial charge < -0.3 is 10.6 Å². The van der Waals surface area contributed by atoms with Gasteiger partial charge in [0.1, 0.15) is 0 Å². The van der Waals surface area contributed by atoms with Crippen molar-refractivity contribution in [2.24, 2.45) is 5.92 Å². The van der Waals surface area contributed by atoms with Gasteiger partial charge in [0.05, 0.1) is 5.56 Å². The van der Waals surface area contributed by atoms with Crippen molar-refractivity contribution in [3.8, 4) is 0 Å². The maximum atomic E-state index is 12.1. The summed E-state index contributed by atoms with van der Waals surface area (Å²) >= 11 is 0. The first-order valence-corrected chi connectivity index (χ1v) is 6.92. The van der Waals surface area contributed by atoms with Crippen LogP contribution in [0.5, 0.6) is 0 Å². The predicted molar refractivity (Wildman–Crippen MR) is 74.9 cm³/mol. The predicted octanol–water partition coefficient (Wildman–Crippen LogP) is 3.04. The normalized spacial score (nSPS) is 14.9. The summed E-state index contributed by atoms with van der Waals surface area (Å²) in [6.45, 7) is 3.83. The van der Waals surface area contributed by atoms with E-state index >= 15 is 0 Å². The molecule has 0 saturated heterocycles. The molecule has 3 heteroatoms. The highest BCUT2D eigenvalue weighted by molar-refractivity contribution is 5.99. The average molecular weight is 246 g/mol. The third kappa shape index (κ3) is 3.25. The minimum absolute atomic E-state index is 0.0427. The lowest BCUT2D eigenvalue weighted by molar-refractivity contribution is 0.0940. The van der Waals surface area contributed by atoms with E-state index in [9.17, 15) is 4.79 Å². The molecule has 0 aromatic heterocycles. The summed E-state index contributed by atoms with van der Waals surface area (Å²) in [5, 5.41) is 6.34. The molecule has 18 heavy (non-hydrogen) atoms. The van der Waals surface area contributed by atoms with Crippen LogP contribution < -0.4 is 10.6 Å². The Kier molecular flexibility index (Phi) is 4.62. The summed E-state index contributed by atoms with van der Waals surface area (Å²) in [4.78, 5) is 12.1. The molecule has 98 valence electrons. The summed E-state index contributed by atoms with van der Waals surface area (Å²) in [5.74, 6) is 0.741. The van der Waals surface area contributed by atoms with E-state index in [1.165, 1.54) is 19.3 Å². The number of hydrogen-bond donors (Lipinski definition) is 2. The Morgan fingerprint density at radius 1 is 1.33 bits per heavy atom. The van der Waals surface area contributed by atoms with E-state index in [1.807, 2.05) is 24.3 Å². The second-order valence-corrected chi connectivity index (χ2v) is 4.98. The second kappa shape index (κ2) is 6.43. The van der Waals surface area contributed by atoms with Gasteiger partial charge in [-0.3, -0.25) is 4.79 Å². The molecule has 0 heterocycles. The van der Waals surface area contributed by atoms with Crippen LogP contribution in [0.3, 0.4) is 0 Å². The number of nitrogens with one attached hydrogen (secondary N) is 2. The Labute approximate surface area is 109 Å². The Balaban J connectivity index is 1.94. The molecule has 0 bridgehead atoms. The molecule has 3 nitrogen and oxygen atoms in total. The van der Waals surface area contributed by atoms with Crippen molar-refractivity contribution in [2.45, 2.75) is 32.6 Å². The fraction of sp³-hybridized carbons (Fsp3) is 0.533. The van der Waals surface area contributed by atoms with E-state index in [-0.39, 0.29) is 5.91 Å². The highest BCUT2D eigenvalue weighted by Gasteiger charge is 2.18. The van der Waals surface area contributed by atoms with Gasteiger partial charge in [-0.1, -0.05) is 25.5 Å². The Bertz CT molecular complexity index is 399. The van der Waals surface area contributed by atoms with Crippen molar-refractivity contribution in [1.82, 2.24) is 5.32 Å². The van der Waals surface area contributed by atoms with Gasteiger partial charge in [-0.2, -0.15) is 0 Å². The van der Waals surface area contributed by atoms with Gasteiger partial charge in [-0.15, -0.1) is 0 Å². The minimum atomic E-state index is 0.0427. The van der Waals surface area contributed by atoms with Gasteiger partial charge >= 0.3 is 0 Å². The topological polar surface area (TPSA) is 41.1 Å². The van der Waals surface area contributed by atoms with Crippen molar-refractivity contribution >= 4 is 11.6 Å². The Morgan fingerprint density at radius 3 is 2.78 bits per heavy atom. The van der Waals surface area contributed by atoms with Crippen molar-refractivity contribution in [3.05, 3.63) is 29.8 Å². The first-order valence-electron chi connectivity index (χ1n) is 6.92. The van der Waals surface area contributed by atoms with E-state index in [2.05, 4.69) is 17.6 Å². The van der Waals surface area contributed by atoms with Gasteiger partial charge in [0.15, 0.2) is 0 Å². The minimum Gasteiger partial charge on any atom is -0.384 e. The van der Waals surface area contributed by atoms with Crippen LogP contribution >= 0.6 is 0 Å². The number of benzene rings is 1. The maximum Gasteiger partial charge on any atom is 0.253 e. The lowest BCUT2D eigenvalue weighted by Crippen LogP contribution is -2.32. The van der Waals surface area contributed by atoms with Crippen LogP contribution in [0.25, 0.3) is 0 Å². The van der Waals surface area contributed by atoms with E-state index in [1.54, 1.807) is 0 Å². The van der Waals surface area contributed by atoms with Crippen LogP contribution in [0.15, 0.2) is 24.3 Å². The van der Waals surface area contributed by atoms with Crippen LogP contribution in [0.2, 0.25) is 0 Å². The molecule has 1 aliphatic carbocycles. The molecule has 2 rings (SSSR count). The molecule has 2 N–H and O–H groups in total. The summed E-state index contributed by atoms with van der Waals surface area (Å²) in [6.07, 6.45) is 4.89. The van der Waals surface area contributed by atoms with E-state index in [0.29, 0.717) is 5.92 Å². The number of para-hydroxylation sites is 1. The highest BCUT2D eigenvalue weighted by Crippen LogP contribution is 2.25. The first kappa shape index (κ1) is 12.9. The number of carbonyl (C=O) groups is 1. The van der Waals surface area contributed by atoms with Gasteiger partial charge in [0, 0.05) is 18.8 Å². The van der Waals surface area contributed by atoms with Crippen LogP contribution in [0.4, 0.5) is 5.69 Å². The number of hydrogen-bond acceptors (Lipinski definition) is 2. The average Bonchev–Trinajstić information content (AvgIpc) is 2.34. The van der Waals surface area contributed by atoms with Crippen molar-refractivity contribution in [1.29, 1.82) is 0 Å². The standard InChI is InChI=1S/C15H22N2O/c1-2-10-16-14-9-4-3-8-13(14)15(18)17-11-12-6-5-7-12/h3-4,8-9,12,16H,2,5-7,10-11H2,1H3,(H,17,18). The molecule has 1 saturated carbocycles. The quantitative estimate of drug-likeness (QED) is 0.810. The number of carbonyl (C=O) groups excluding carboxylic acids is 1. The van der Waals surface area contributed by atoms with Crippen LogP contribution in [0.1, 0.15) is 43.0 Å². The third-order valence-electron chi connectivity index (χ3n) is 3.51. The Morgan fingerprint density at radius 2 is 2.11 bits per heavy atom. The monoisotopic (exact) mass is 246 g/mol. The van der Waals surface area contributed by atoms with E-state index in [4.69, 9.17) is 0 Å². The molecule has 1 aromatic carbocycles. The molecule has 0 atom stereocenters. The van der Waals surface area contributed by atoms with Crippen LogP contribution in [0, 0.1) is 5.92 Å². The summed E-state index contributed by atoms with van der Waals surface area (Å²) in [7, 11) is 0. The molecular weight excluding hydrogens is 224 g/mol. The Hall–Kier alpha value is -1.51. The zero-order valence-corrected chi connectivity index (χ0v) is 11.0. The van der Waals surface area contributed by atoms with Gasteiger partial charge in [-0.05, 0) is 37.3 Å². The molecule has 1 amide bonds. The van der Waals surface area contributed by atoms with E-state index in [0.717, 1.165) is 30.8 Å². The molecule has 1 aromatic rings. The van der Waals surface area contributed by atoms with Crippen LogP contribution in [-0.4, -0.2) is 19.0 Å². The van der Waals surface area contributed by atoms with Crippen molar-refractivity contribution in [3.63, 3.8) is 0 Å². The SMILES string of the molecule is CCCNc1ccccc1C(=O)NCC1CCC1. The molecule has 1 fully saturated rings. The molecule has 0 radical (unpaired) electrons. The van der Waals surface area contributed by atoms with Crippen molar-refractivity contribution in [2.75, 3.05) is 18.4 Å². The lowest BCUT2D eigenvalue weighted by atomic mass is 9.85. The van der Waals surface area contributed by atoms with Crippen LogP contribution in [-0.2, 0) is 0 Å². The molecule has 0 spiro atoms. The van der Waals surface area contributed by atoms with Gasteiger partial charge in [0.2, 0.25) is 0 Å². The number of rotatable bonds is 6. The fourth-order valence-electron chi connectivity index (χ4n) is 2.12. The number of anilines is 1. The molecular formula is C15H22N2O. The second-order valence-electron chi connectivity index (χ2n) is 4.98. The highest BCUT2D eigenvalue weighted by atomic mass is 16.1. The smallest absolute Gasteiger partial charge is 0.253 e. The zero-order valence-electron chi connectivity index (χ0n) is 11.0. The maximum absolute atomic E-state index is 12.1. The zero-order chi connectivity index (χ0) is 12.8. The van der Waals surface area contributed by atoms with Gasteiger partial charge in [-0.25, -0.2) is 0 Å². The summed E-state index contributed by atoms with van der Waals surface area (Å²) in [5.41, 5.74) is 1.69.